The Hall–Kier alpha value is -0.700. The van der Waals surface area contributed by atoms with Gasteiger partial charge in [0, 0.05) is 0 Å². The second-order valence-electron chi connectivity index (χ2n) is 3.84. The molecular formula is C11H8BrClFNO. The topological polar surface area (TPSA) is 29.4 Å². The van der Waals surface area contributed by atoms with Gasteiger partial charge in [0.15, 0.2) is 0 Å². The molecule has 0 atom stereocenters. The van der Waals surface area contributed by atoms with Gasteiger partial charge in [0.1, 0.15) is 5.82 Å². The first-order valence-corrected chi connectivity index (χ1v) is 6.00. The van der Waals surface area contributed by atoms with Crippen molar-refractivity contribution in [2.75, 3.05) is 0 Å². The predicted octanol–water partition coefficient (Wildman–Crippen LogP) is 3.96. The Morgan fingerprint density at radius 3 is 2.62 bits per heavy atom. The molecule has 16 heavy (non-hydrogen) atoms. The van der Waals surface area contributed by atoms with Crippen molar-refractivity contribution in [3.63, 3.8) is 0 Å². The van der Waals surface area contributed by atoms with E-state index in [-0.39, 0.29) is 4.47 Å². The maximum Gasteiger partial charge on any atom is 0.235 e. The molecule has 0 bridgehead atoms. The smallest absolute Gasteiger partial charge is 0.211 e. The minimum absolute atomic E-state index is 0.238. The molecule has 1 saturated carbocycles. The van der Waals surface area contributed by atoms with Crippen LogP contribution in [-0.4, -0.2) is 6.08 Å². The van der Waals surface area contributed by atoms with Crippen LogP contribution in [0.1, 0.15) is 24.8 Å². The zero-order chi connectivity index (χ0) is 11.8. The van der Waals surface area contributed by atoms with Crippen LogP contribution in [0.5, 0.6) is 0 Å². The summed E-state index contributed by atoms with van der Waals surface area (Å²) in [7, 11) is 0. The molecule has 1 aromatic carbocycles. The molecule has 0 saturated heterocycles. The molecule has 5 heteroatoms. The first-order valence-electron chi connectivity index (χ1n) is 4.83. The van der Waals surface area contributed by atoms with Gasteiger partial charge in [-0.1, -0.05) is 11.6 Å². The molecular weight excluding hydrogens is 296 g/mol. The maximum atomic E-state index is 13.5. The molecule has 0 N–H and O–H groups in total. The molecule has 0 aromatic heterocycles. The number of aliphatic imine (C=N–C) groups is 1. The number of hydrogen-bond donors (Lipinski definition) is 0. The number of isocyanates is 1. The van der Waals surface area contributed by atoms with Gasteiger partial charge in [0.2, 0.25) is 6.08 Å². The summed E-state index contributed by atoms with van der Waals surface area (Å²) in [6, 6.07) is 3.02. The van der Waals surface area contributed by atoms with Crippen molar-refractivity contribution in [3.05, 3.63) is 33.0 Å². The molecule has 1 aliphatic carbocycles. The lowest BCUT2D eigenvalue weighted by Crippen LogP contribution is -2.32. The Morgan fingerprint density at radius 2 is 2.19 bits per heavy atom. The third kappa shape index (κ3) is 1.81. The third-order valence-electron chi connectivity index (χ3n) is 2.96. The van der Waals surface area contributed by atoms with E-state index in [2.05, 4.69) is 20.9 Å². The van der Waals surface area contributed by atoms with E-state index in [0.29, 0.717) is 10.6 Å². The summed E-state index contributed by atoms with van der Waals surface area (Å²) in [6.45, 7) is 0. The van der Waals surface area contributed by atoms with E-state index in [9.17, 15) is 9.18 Å². The molecule has 0 heterocycles. The van der Waals surface area contributed by atoms with Gasteiger partial charge in [-0.15, -0.1) is 0 Å². The van der Waals surface area contributed by atoms with Crippen LogP contribution in [0.2, 0.25) is 5.02 Å². The van der Waals surface area contributed by atoms with Crippen molar-refractivity contribution < 1.29 is 9.18 Å². The van der Waals surface area contributed by atoms with Crippen LogP contribution in [0, 0.1) is 5.82 Å². The van der Waals surface area contributed by atoms with Gasteiger partial charge in [-0.25, -0.2) is 9.18 Å². The van der Waals surface area contributed by atoms with Crippen LogP contribution < -0.4 is 0 Å². The molecule has 0 aliphatic heterocycles. The fourth-order valence-electron chi connectivity index (χ4n) is 1.89. The Kier molecular flexibility index (Phi) is 3.15. The zero-order valence-corrected chi connectivity index (χ0v) is 10.6. The first-order chi connectivity index (χ1) is 7.59. The van der Waals surface area contributed by atoms with E-state index in [0.717, 1.165) is 19.3 Å². The molecule has 0 spiro atoms. The second kappa shape index (κ2) is 4.28. The lowest BCUT2D eigenvalue weighted by molar-refractivity contribution is 0.255. The van der Waals surface area contributed by atoms with E-state index in [1.807, 2.05) is 0 Å². The number of hydrogen-bond acceptors (Lipinski definition) is 2. The minimum Gasteiger partial charge on any atom is -0.211 e. The fourth-order valence-corrected chi connectivity index (χ4v) is 2.32. The van der Waals surface area contributed by atoms with Crippen LogP contribution in [0.15, 0.2) is 21.6 Å². The molecule has 1 aliphatic rings. The molecule has 2 rings (SSSR count). The number of rotatable bonds is 2. The Bertz CT molecular complexity index is 458. The minimum atomic E-state index is -0.604. The van der Waals surface area contributed by atoms with Gasteiger partial charge >= 0.3 is 0 Å². The van der Waals surface area contributed by atoms with Crippen molar-refractivity contribution >= 4 is 33.6 Å². The van der Waals surface area contributed by atoms with E-state index in [1.54, 1.807) is 12.1 Å². The van der Waals surface area contributed by atoms with Gasteiger partial charge in [-0.05, 0) is 52.9 Å². The monoisotopic (exact) mass is 303 g/mol. The number of benzene rings is 1. The molecule has 0 amide bonds. The average molecular weight is 305 g/mol. The number of nitrogens with zero attached hydrogens (tertiary/aromatic N) is 1. The average Bonchev–Trinajstić information content (AvgIpc) is 2.19. The molecule has 0 unspecified atom stereocenters. The second-order valence-corrected chi connectivity index (χ2v) is 5.04. The summed E-state index contributed by atoms with van der Waals surface area (Å²) in [6.07, 6.45) is 4.00. The van der Waals surface area contributed by atoms with Gasteiger partial charge in [-0.2, -0.15) is 4.99 Å². The van der Waals surface area contributed by atoms with E-state index >= 15 is 0 Å². The summed E-state index contributed by atoms with van der Waals surface area (Å²) < 4.78 is 13.7. The molecule has 84 valence electrons. The van der Waals surface area contributed by atoms with Gasteiger partial charge < -0.3 is 0 Å². The zero-order valence-electron chi connectivity index (χ0n) is 8.27. The standard InChI is InChI=1S/C11H8BrClFNO/c12-10-8(13)4-7(5-9(10)14)11(15-6-16)2-1-3-11/h4-5H,1-3H2. The molecule has 0 radical (unpaired) electrons. The summed E-state index contributed by atoms with van der Waals surface area (Å²) in [4.78, 5) is 14.2. The van der Waals surface area contributed by atoms with Crippen molar-refractivity contribution in [2.24, 2.45) is 4.99 Å². The van der Waals surface area contributed by atoms with E-state index in [1.165, 1.54) is 6.07 Å². The van der Waals surface area contributed by atoms with Crippen LogP contribution in [0.25, 0.3) is 0 Å². The fraction of sp³-hybridized carbons (Fsp3) is 0.364. The summed E-state index contributed by atoms with van der Waals surface area (Å²) in [5, 5.41) is 0.294. The van der Waals surface area contributed by atoms with Crippen LogP contribution in [0.4, 0.5) is 4.39 Å². The summed E-state index contributed by atoms with van der Waals surface area (Å²) >= 11 is 8.92. The number of halogens is 3. The Balaban J connectivity index is 2.51. The lowest BCUT2D eigenvalue weighted by atomic mass is 9.72. The first kappa shape index (κ1) is 11.8. The van der Waals surface area contributed by atoms with Crippen LogP contribution >= 0.6 is 27.5 Å². The highest BCUT2D eigenvalue weighted by Crippen LogP contribution is 2.46. The van der Waals surface area contributed by atoms with Gasteiger partial charge in [-0.3, -0.25) is 0 Å². The molecule has 2 nitrogen and oxygen atoms in total. The normalized spacial score (nSPS) is 17.4. The van der Waals surface area contributed by atoms with E-state index in [4.69, 9.17) is 11.6 Å². The highest BCUT2D eigenvalue weighted by atomic mass is 79.9. The highest BCUT2D eigenvalue weighted by molar-refractivity contribution is 9.10. The van der Waals surface area contributed by atoms with Crippen molar-refractivity contribution in [1.29, 1.82) is 0 Å². The predicted molar refractivity (Wildman–Crippen MR) is 62.8 cm³/mol. The Morgan fingerprint density at radius 1 is 1.50 bits per heavy atom. The summed E-state index contributed by atoms with van der Waals surface area (Å²) in [5.41, 5.74) is 0.0419. The van der Waals surface area contributed by atoms with Crippen molar-refractivity contribution in [2.45, 2.75) is 24.8 Å². The Labute approximate surface area is 106 Å². The van der Waals surface area contributed by atoms with Gasteiger partial charge in [0.05, 0.1) is 15.0 Å². The SMILES string of the molecule is O=C=NC1(c2cc(F)c(Br)c(Cl)c2)CCC1. The highest BCUT2D eigenvalue weighted by Gasteiger charge is 2.39. The largest absolute Gasteiger partial charge is 0.235 e. The van der Waals surface area contributed by atoms with Crippen LogP contribution in [0.3, 0.4) is 0 Å². The molecule has 1 aromatic rings. The quantitative estimate of drug-likeness (QED) is 0.462. The van der Waals surface area contributed by atoms with Gasteiger partial charge in [0.25, 0.3) is 0 Å². The maximum absolute atomic E-state index is 13.5. The lowest BCUT2D eigenvalue weighted by Gasteiger charge is -2.37. The van der Waals surface area contributed by atoms with Crippen molar-refractivity contribution in [3.8, 4) is 0 Å². The van der Waals surface area contributed by atoms with Crippen molar-refractivity contribution in [1.82, 2.24) is 0 Å². The number of carbonyl (C=O) groups excluding carboxylic acids is 1. The van der Waals surface area contributed by atoms with Crippen LogP contribution in [-0.2, 0) is 10.3 Å². The summed E-state index contributed by atoms with van der Waals surface area (Å²) in [5.74, 6) is -0.435. The van der Waals surface area contributed by atoms with E-state index < -0.39 is 11.4 Å². The molecule has 1 fully saturated rings. The third-order valence-corrected chi connectivity index (χ3v) is 4.29.